The standard InChI is InChI=1S/C26H31N5O3S/c1-17-13-21(18(2)30(17)10-12-33-3)24(32)16-35-26-29-28-25(31(26)15-19-7-6-11-34-19)22-14-27-23-9-5-4-8-20(22)23/h4-5,8-9,13-14,19,27H,6-7,10-12,15-16H2,1-3H3. The molecule has 1 N–H and O–H groups in total. The predicted octanol–water partition coefficient (Wildman–Crippen LogP) is 4.65. The Morgan fingerprint density at radius 3 is 2.91 bits per heavy atom. The van der Waals surface area contributed by atoms with Crippen molar-refractivity contribution < 1.29 is 14.3 Å². The van der Waals surface area contributed by atoms with Gasteiger partial charge in [-0.05, 0) is 38.8 Å². The molecule has 5 rings (SSSR count). The minimum absolute atomic E-state index is 0.0899. The molecule has 0 spiro atoms. The van der Waals surface area contributed by atoms with Crippen LogP contribution in [0.1, 0.15) is 34.6 Å². The Morgan fingerprint density at radius 2 is 2.11 bits per heavy atom. The molecule has 1 aromatic carbocycles. The average Bonchev–Trinajstić information content (AvgIpc) is 3.65. The number of nitrogens with zero attached hydrogens (tertiary/aromatic N) is 4. The van der Waals surface area contributed by atoms with Gasteiger partial charge in [-0.3, -0.25) is 9.36 Å². The lowest BCUT2D eigenvalue weighted by Crippen LogP contribution is -2.17. The number of carbonyl (C=O) groups excluding carboxylic acids is 1. The summed E-state index contributed by atoms with van der Waals surface area (Å²) in [5, 5.41) is 10.9. The van der Waals surface area contributed by atoms with Crippen LogP contribution in [-0.2, 0) is 22.6 Å². The first kappa shape index (κ1) is 23.8. The molecule has 0 aliphatic carbocycles. The third-order valence-corrected chi connectivity index (χ3v) is 7.65. The van der Waals surface area contributed by atoms with Crippen LogP contribution < -0.4 is 0 Å². The number of para-hydroxylation sites is 1. The first-order valence-electron chi connectivity index (χ1n) is 12.0. The summed E-state index contributed by atoms with van der Waals surface area (Å²) in [6.07, 6.45) is 4.19. The van der Waals surface area contributed by atoms with Crippen molar-refractivity contribution in [2.24, 2.45) is 0 Å². The van der Waals surface area contributed by atoms with Gasteiger partial charge in [-0.1, -0.05) is 30.0 Å². The number of aromatic nitrogens is 5. The van der Waals surface area contributed by atoms with Gasteiger partial charge in [-0.15, -0.1) is 10.2 Å². The number of methoxy groups -OCH3 is 1. The molecule has 1 saturated heterocycles. The highest BCUT2D eigenvalue weighted by Gasteiger charge is 2.24. The number of rotatable bonds is 10. The van der Waals surface area contributed by atoms with Crippen LogP contribution in [0.5, 0.6) is 0 Å². The SMILES string of the molecule is COCCn1c(C)cc(C(=O)CSc2nnc(-c3c[nH]c4ccccc34)n2CC2CCCO2)c1C. The number of hydrogen-bond donors (Lipinski definition) is 1. The fourth-order valence-corrected chi connectivity index (χ4v) is 5.66. The molecule has 9 heteroatoms. The summed E-state index contributed by atoms with van der Waals surface area (Å²) in [5.74, 6) is 1.18. The molecule has 0 bridgehead atoms. The molecular weight excluding hydrogens is 462 g/mol. The molecule has 1 aliphatic rings. The van der Waals surface area contributed by atoms with Crippen LogP contribution in [-0.4, -0.2) is 62.3 Å². The zero-order chi connectivity index (χ0) is 24.4. The van der Waals surface area contributed by atoms with Gasteiger partial charge in [-0.25, -0.2) is 0 Å². The molecular formula is C26H31N5O3S. The van der Waals surface area contributed by atoms with E-state index in [-0.39, 0.29) is 11.9 Å². The van der Waals surface area contributed by atoms with Crippen molar-refractivity contribution >= 4 is 28.4 Å². The maximum Gasteiger partial charge on any atom is 0.192 e. The van der Waals surface area contributed by atoms with Gasteiger partial charge in [0.2, 0.25) is 0 Å². The number of fused-ring (bicyclic) bond motifs is 1. The Balaban J connectivity index is 1.40. The lowest BCUT2D eigenvalue weighted by molar-refractivity contribution is 0.0953. The summed E-state index contributed by atoms with van der Waals surface area (Å²) in [6.45, 7) is 6.83. The molecule has 1 fully saturated rings. The minimum atomic E-state index is 0.0899. The number of H-pyrrole nitrogens is 1. The summed E-state index contributed by atoms with van der Waals surface area (Å²) in [6, 6.07) is 10.2. The second-order valence-corrected chi connectivity index (χ2v) is 9.88. The van der Waals surface area contributed by atoms with Crippen molar-refractivity contribution in [3.05, 3.63) is 53.5 Å². The largest absolute Gasteiger partial charge is 0.383 e. The van der Waals surface area contributed by atoms with Crippen LogP contribution in [0, 0.1) is 13.8 Å². The summed E-state index contributed by atoms with van der Waals surface area (Å²) in [4.78, 5) is 16.5. The van der Waals surface area contributed by atoms with E-state index in [1.165, 1.54) is 11.8 Å². The Bertz CT molecular complexity index is 1330. The van der Waals surface area contributed by atoms with Gasteiger partial charge in [0.15, 0.2) is 16.8 Å². The van der Waals surface area contributed by atoms with E-state index in [9.17, 15) is 4.79 Å². The second-order valence-electron chi connectivity index (χ2n) is 8.94. The van der Waals surface area contributed by atoms with Gasteiger partial charge in [0.1, 0.15) is 0 Å². The Morgan fingerprint density at radius 1 is 1.26 bits per heavy atom. The van der Waals surface area contributed by atoms with E-state index in [2.05, 4.69) is 36.4 Å². The lowest BCUT2D eigenvalue weighted by atomic mass is 10.1. The van der Waals surface area contributed by atoms with Crippen LogP contribution in [0.3, 0.4) is 0 Å². The van der Waals surface area contributed by atoms with E-state index in [0.29, 0.717) is 18.9 Å². The zero-order valence-electron chi connectivity index (χ0n) is 20.4. The summed E-state index contributed by atoms with van der Waals surface area (Å²) >= 11 is 1.44. The molecule has 35 heavy (non-hydrogen) atoms. The van der Waals surface area contributed by atoms with Gasteiger partial charge in [0.05, 0.1) is 25.0 Å². The van der Waals surface area contributed by atoms with E-state index < -0.39 is 0 Å². The van der Waals surface area contributed by atoms with E-state index >= 15 is 0 Å². The highest BCUT2D eigenvalue weighted by molar-refractivity contribution is 7.99. The second kappa shape index (κ2) is 10.4. The molecule has 8 nitrogen and oxygen atoms in total. The number of benzene rings is 1. The molecule has 1 aliphatic heterocycles. The smallest absolute Gasteiger partial charge is 0.192 e. The van der Waals surface area contributed by atoms with Gasteiger partial charge >= 0.3 is 0 Å². The molecule has 0 amide bonds. The summed E-state index contributed by atoms with van der Waals surface area (Å²) in [5.41, 5.74) is 4.86. The Hall–Kier alpha value is -2.88. The fraction of sp³-hybridized carbons (Fsp3) is 0.423. The van der Waals surface area contributed by atoms with Crippen LogP contribution in [0.4, 0.5) is 0 Å². The molecule has 1 atom stereocenters. The van der Waals surface area contributed by atoms with Crippen molar-refractivity contribution in [3.63, 3.8) is 0 Å². The van der Waals surface area contributed by atoms with Crippen molar-refractivity contribution in [3.8, 4) is 11.4 Å². The third kappa shape index (κ3) is 4.80. The van der Waals surface area contributed by atoms with Gasteiger partial charge in [0.25, 0.3) is 0 Å². The number of aromatic amines is 1. The van der Waals surface area contributed by atoms with E-state index in [1.54, 1.807) is 7.11 Å². The molecule has 4 aromatic rings. The first-order valence-corrected chi connectivity index (χ1v) is 13.0. The first-order chi connectivity index (χ1) is 17.1. The summed E-state index contributed by atoms with van der Waals surface area (Å²) in [7, 11) is 1.69. The van der Waals surface area contributed by atoms with E-state index in [4.69, 9.17) is 9.47 Å². The van der Waals surface area contributed by atoms with Gasteiger partial charge in [-0.2, -0.15) is 0 Å². The maximum absolute atomic E-state index is 13.2. The number of ether oxygens (including phenoxy) is 2. The van der Waals surface area contributed by atoms with Crippen molar-refractivity contribution in [2.75, 3.05) is 26.1 Å². The predicted molar refractivity (Wildman–Crippen MR) is 137 cm³/mol. The van der Waals surface area contributed by atoms with Crippen molar-refractivity contribution in [1.29, 1.82) is 0 Å². The number of ketones is 1. The highest BCUT2D eigenvalue weighted by Crippen LogP contribution is 2.31. The molecule has 4 heterocycles. The van der Waals surface area contributed by atoms with Crippen molar-refractivity contribution in [1.82, 2.24) is 24.3 Å². The maximum atomic E-state index is 13.2. The van der Waals surface area contributed by atoms with Crippen LogP contribution in [0.15, 0.2) is 41.7 Å². The highest BCUT2D eigenvalue weighted by atomic mass is 32.2. The number of Topliss-reactive ketones (excluding diaryl/α,β-unsaturated/α-hetero) is 1. The van der Waals surface area contributed by atoms with Gasteiger partial charge < -0.3 is 19.0 Å². The van der Waals surface area contributed by atoms with Crippen LogP contribution in [0.25, 0.3) is 22.3 Å². The molecule has 0 saturated carbocycles. The molecule has 3 aromatic heterocycles. The van der Waals surface area contributed by atoms with Crippen LogP contribution >= 0.6 is 11.8 Å². The fourth-order valence-electron chi connectivity index (χ4n) is 4.83. The molecule has 0 radical (unpaired) electrons. The minimum Gasteiger partial charge on any atom is -0.383 e. The number of aryl methyl sites for hydroxylation is 1. The average molecular weight is 494 g/mol. The molecule has 184 valence electrons. The normalized spacial score (nSPS) is 15.9. The lowest BCUT2D eigenvalue weighted by Gasteiger charge is -2.14. The van der Waals surface area contributed by atoms with E-state index in [1.807, 2.05) is 38.2 Å². The number of hydrogen-bond acceptors (Lipinski definition) is 6. The summed E-state index contributed by atoms with van der Waals surface area (Å²) < 4.78 is 15.4. The quantitative estimate of drug-likeness (QED) is 0.256. The Kier molecular flexibility index (Phi) is 7.08. The monoisotopic (exact) mass is 493 g/mol. The van der Waals surface area contributed by atoms with Crippen LogP contribution in [0.2, 0.25) is 0 Å². The zero-order valence-corrected chi connectivity index (χ0v) is 21.2. The Labute approximate surface area is 209 Å². The number of carbonyl (C=O) groups is 1. The topological polar surface area (TPSA) is 87.0 Å². The number of nitrogens with one attached hydrogen (secondary N) is 1. The number of thioether (sulfide) groups is 1. The van der Waals surface area contributed by atoms with E-state index in [0.717, 1.165) is 70.4 Å². The third-order valence-electron chi connectivity index (χ3n) is 6.68. The van der Waals surface area contributed by atoms with Gasteiger partial charge in [0, 0.05) is 59.9 Å². The van der Waals surface area contributed by atoms with Crippen molar-refractivity contribution in [2.45, 2.75) is 51.0 Å². The molecule has 1 unspecified atom stereocenters.